The molecule has 17 heavy (non-hydrogen) atoms. The number of aryl methyl sites for hydroxylation is 1. The van der Waals surface area contributed by atoms with E-state index in [1.54, 1.807) is 11.8 Å². The smallest absolute Gasteiger partial charge is 0.119 e. The van der Waals surface area contributed by atoms with E-state index in [1.165, 1.54) is 0 Å². The molecule has 1 N–H and O–H groups in total. The first-order chi connectivity index (χ1) is 8.22. The molecule has 0 atom stereocenters. The predicted molar refractivity (Wildman–Crippen MR) is 64.9 cm³/mol. The van der Waals surface area contributed by atoms with E-state index >= 15 is 0 Å². The Morgan fingerprint density at radius 1 is 1.35 bits per heavy atom. The Labute approximate surface area is 100 Å². The number of rotatable bonds is 4. The van der Waals surface area contributed by atoms with E-state index in [0.717, 1.165) is 29.1 Å². The van der Waals surface area contributed by atoms with Crippen LogP contribution >= 0.6 is 0 Å². The number of nitrogens with zero attached hydrogens (tertiary/aromatic N) is 2. The van der Waals surface area contributed by atoms with Gasteiger partial charge in [-0.3, -0.25) is 4.68 Å². The number of aromatic nitrogens is 2. The van der Waals surface area contributed by atoms with Gasteiger partial charge >= 0.3 is 0 Å². The molecule has 90 valence electrons. The Hall–Kier alpha value is -1.81. The van der Waals surface area contributed by atoms with Crippen molar-refractivity contribution in [2.24, 2.45) is 7.05 Å². The molecule has 0 bridgehead atoms. The fraction of sp³-hybridized carbons (Fsp3) is 0.308. The summed E-state index contributed by atoms with van der Waals surface area (Å²) in [5, 5.41) is 13.4. The van der Waals surface area contributed by atoms with Crippen LogP contribution in [0, 0.1) is 0 Å². The molecule has 0 fully saturated rings. The molecule has 0 saturated heterocycles. The standard InChI is InChI=1S/C13H16N2O2/c1-15-12(9-16)8-11(14-15)6-10-4-3-5-13(7-10)17-2/h3-5,7-8,16H,6,9H2,1-2H3. The molecular weight excluding hydrogens is 216 g/mol. The van der Waals surface area contributed by atoms with E-state index < -0.39 is 0 Å². The van der Waals surface area contributed by atoms with Crippen LogP contribution in [0.2, 0.25) is 0 Å². The molecule has 4 heteroatoms. The summed E-state index contributed by atoms with van der Waals surface area (Å²) in [5.41, 5.74) is 2.92. The Kier molecular flexibility index (Phi) is 3.44. The van der Waals surface area contributed by atoms with Gasteiger partial charge in [0.2, 0.25) is 0 Å². The fourth-order valence-corrected chi connectivity index (χ4v) is 1.80. The van der Waals surface area contributed by atoms with Crippen LogP contribution in [0.5, 0.6) is 5.75 Å². The second-order valence-electron chi connectivity index (χ2n) is 3.94. The minimum absolute atomic E-state index is 0.0155. The summed E-state index contributed by atoms with van der Waals surface area (Å²) in [4.78, 5) is 0. The normalized spacial score (nSPS) is 10.5. The van der Waals surface area contributed by atoms with Crippen molar-refractivity contribution in [1.82, 2.24) is 9.78 Å². The second-order valence-corrected chi connectivity index (χ2v) is 3.94. The highest BCUT2D eigenvalue weighted by molar-refractivity contribution is 5.31. The molecule has 0 aliphatic carbocycles. The lowest BCUT2D eigenvalue weighted by atomic mass is 10.1. The maximum absolute atomic E-state index is 9.10. The molecule has 0 amide bonds. The van der Waals surface area contributed by atoms with E-state index in [9.17, 15) is 0 Å². The molecular formula is C13H16N2O2. The third-order valence-electron chi connectivity index (χ3n) is 2.71. The summed E-state index contributed by atoms with van der Waals surface area (Å²) in [7, 11) is 3.49. The largest absolute Gasteiger partial charge is 0.497 e. The number of ether oxygens (including phenoxy) is 1. The van der Waals surface area contributed by atoms with Crippen molar-refractivity contribution in [1.29, 1.82) is 0 Å². The number of hydrogen-bond acceptors (Lipinski definition) is 3. The van der Waals surface area contributed by atoms with Crippen molar-refractivity contribution in [2.45, 2.75) is 13.0 Å². The van der Waals surface area contributed by atoms with Crippen molar-refractivity contribution in [3.8, 4) is 5.75 Å². The first kappa shape index (κ1) is 11.7. The number of aliphatic hydroxyl groups excluding tert-OH is 1. The van der Waals surface area contributed by atoms with Crippen molar-refractivity contribution in [3.05, 3.63) is 47.3 Å². The highest BCUT2D eigenvalue weighted by Gasteiger charge is 2.05. The van der Waals surface area contributed by atoms with Gasteiger partial charge in [-0.15, -0.1) is 0 Å². The lowest BCUT2D eigenvalue weighted by Gasteiger charge is -2.02. The molecule has 1 heterocycles. The first-order valence-electron chi connectivity index (χ1n) is 5.48. The SMILES string of the molecule is COc1cccc(Cc2cc(CO)n(C)n2)c1. The lowest BCUT2D eigenvalue weighted by Crippen LogP contribution is -1.97. The highest BCUT2D eigenvalue weighted by atomic mass is 16.5. The highest BCUT2D eigenvalue weighted by Crippen LogP contribution is 2.16. The van der Waals surface area contributed by atoms with Crippen LogP contribution in [0.4, 0.5) is 0 Å². The lowest BCUT2D eigenvalue weighted by molar-refractivity contribution is 0.270. The molecule has 0 unspecified atom stereocenters. The molecule has 0 aliphatic heterocycles. The topological polar surface area (TPSA) is 47.3 Å². The van der Waals surface area contributed by atoms with Crippen LogP contribution in [-0.4, -0.2) is 22.0 Å². The summed E-state index contributed by atoms with van der Waals surface area (Å²) in [6.45, 7) is 0.0155. The van der Waals surface area contributed by atoms with Crippen molar-refractivity contribution in [3.63, 3.8) is 0 Å². The molecule has 0 aliphatic rings. The summed E-state index contributed by atoms with van der Waals surface area (Å²) in [5.74, 6) is 0.848. The van der Waals surface area contributed by atoms with Crippen LogP contribution < -0.4 is 4.74 Å². The van der Waals surface area contributed by atoms with Crippen molar-refractivity contribution in [2.75, 3.05) is 7.11 Å². The molecule has 1 aromatic carbocycles. The van der Waals surface area contributed by atoms with E-state index in [2.05, 4.69) is 5.10 Å². The third-order valence-corrected chi connectivity index (χ3v) is 2.71. The van der Waals surface area contributed by atoms with Crippen LogP contribution in [0.15, 0.2) is 30.3 Å². The Bertz CT molecular complexity index is 506. The monoisotopic (exact) mass is 232 g/mol. The molecule has 0 spiro atoms. The quantitative estimate of drug-likeness (QED) is 0.869. The predicted octanol–water partition coefficient (Wildman–Crippen LogP) is 1.51. The fourth-order valence-electron chi connectivity index (χ4n) is 1.80. The molecule has 1 aromatic heterocycles. The summed E-state index contributed by atoms with van der Waals surface area (Å²) < 4.78 is 6.88. The van der Waals surface area contributed by atoms with Gasteiger partial charge in [0.15, 0.2) is 0 Å². The molecule has 0 saturated carbocycles. The van der Waals surface area contributed by atoms with Gasteiger partial charge in [0, 0.05) is 13.5 Å². The third kappa shape index (κ3) is 2.65. The zero-order chi connectivity index (χ0) is 12.3. The zero-order valence-electron chi connectivity index (χ0n) is 10.1. The first-order valence-corrected chi connectivity index (χ1v) is 5.48. The number of benzene rings is 1. The van der Waals surface area contributed by atoms with Crippen LogP contribution in [0.1, 0.15) is 17.0 Å². The van der Waals surface area contributed by atoms with Crippen LogP contribution in [-0.2, 0) is 20.1 Å². The maximum atomic E-state index is 9.10. The van der Waals surface area contributed by atoms with Gasteiger partial charge in [-0.05, 0) is 23.8 Å². The summed E-state index contributed by atoms with van der Waals surface area (Å²) in [6, 6.07) is 9.83. The van der Waals surface area contributed by atoms with Crippen molar-refractivity contribution < 1.29 is 9.84 Å². The molecule has 4 nitrogen and oxygen atoms in total. The van der Waals surface area contributed by atoms with Gasteiger partial charge in [-0.25, -0.2) is 0 Å². The zero-order valence-corrected chi connectivity index (χ0v) is 10.1. The van der Waals surface area contributed by atoms with Crippen LogP contribution in [0.3, 0.4) is 0 Å². The molecule has 0 radical (unpaired) electrons. The van der Waals surface area contributed by atoms with Gasteiger partial charge in [0.1, 0.15) is 5.75 Å². The Morgan fingerprint density at radius 3 is 2.82 bits per heavy atom. The number of hydrogen-bond donors (Lipinski definition) is 1. The van der Waals surface area contributed by atoms with Crippen LogP contribution in [0.25, 0.3) is 0 Å². The Balaban J connectivity index is 2.18. The van der Waals surface area contributed by atoms with Gasteiger partial charge in [-0.2, -0.15) is 5.10 Å². The number of aliphatic hydroxyl groups is 1. The Morgan fingerprint density at radius 2 is 2.18 bits per heavy atom. The maximum Gasteiger partial charge on any atom is 0.119 e. The van der Waals surface area contributed by atoms with E-state index in [0.29, 0.717) is 0 Å². The molecule has 2 rings (SSSR count). The average molecular weight is 232 g/mol. The van der Waals surface area contributed by atoms with Gasteiger partial charge in [-0.1, -0.05) is 12.1 Å². The molecule has 2 aromatic rings. The summed E-state index contributed by atoms with van der Waals surface area (Å²) in [6.07, 6.45) is 0.741. The second kappa shape index (κ2) is 5.01. The summed E-state index contributed by atoms with van der Waals surface area (Å²) >= 11 is 0. The van der Waals surface area contributed by atoms with Gasteiger partial charge in [0.25, 0.3) is 0 Å². The minimum Gasteiger partial charge on any atom is -0.497 e. The van der Waals surface area contributed by atoms with E-state index in [-0.39, 0.29) is 6.61 Å². The van der Waals surface area contributed by atoms with Crippen molar-refractivity contribution >= 4 is 0 Å². The van der Waals surface area contributed by atoms with Gasteiger partial charge < -0.3 is 9.84 Å². The van der Waals surface area contributed by atoms with E-state index in [4.69, 9.17) is 9.84 Å². The van der Waals surface area contributed by atoms with Gasteiger partial charge in [0.05, 0.1) is 25.1 Å². The van der Waals surface area contributed by atoms with E-state index in [1.807, 2.05) is 37.4 Å². The minimum atomic E-state index is 0.0155. The average Bonchev–Trinajstić information content (AvgIpc) is 2.69. The number of methoxy groups -OCH3 is 1.